The number of hydrogen-bond acceptors (Lipinski definition) is 8. The lowest BCUT2D eigenvalue weighted by Gasteiger charge is -2.01. The molecule has 0 aliphatic carbocycles. The number of hydrazone groups is 1. The predicted octanol–water partition coefficient (Wildman–Crippen LogP) is 2.59. The van der Waals surface area contributed by atoms with Crippen LogP contribution in [0.4, 0.5) is 10.8 Å². The van der Waals surface area contributed by atoms with Crippen LogP contribution in [-0.4, -0.2) is 29.2 Å². The average molecular weight is 320 g/mol. The first-order valence-electron chi connectivity index (χ1n) is 6.08. The Kier molecular flexibility index (Phi) is 4.79. The third kappa shape index (κ3) is 3.85. The van der Waals surface area contributed by atoms with Gasteiger partial charge in [0.2, 0.25) is 5.13 Å². The summed E-state index contributed by atoms with van der Waals surface area (Å²) in [6.07, 6.45) is 1.37. The number of esters is 1. The topological polar surface area (TPSA) is 107 Å². The number of aryl methyl sites for hydroxylation is 1. The van der Waals surface area contributed by atoms with Gasteiger partial charge in [-0.2, -0.15) is 5.10 Å². The highest BCUT2D eigenvalue weighted by atomic mass is 32.1. The van der Waals surface area contributed by atoms with Crippen LogP contribution >= 0.6 is 11.3 Å². The van der Waals surface area contributed by atoms with E-state index in [1.807, 2.05) is 12.3 Å². The van der Waals surface area contributed by atoms with Gasteiger partial charge in [0, 0.05) is 23.1 Å². The molecule has 0 atom stereocenters. The minimum atomic E-state index is -0.651. The van der Waals surface area contributed by atoms with Crippen LogP contribution in [0.5, 0.6) is 0 Å². The summed E-state index contributed by atoms with van der Waals surface area (Å²) in [7, 11) is 1.21. The first-order valence-corrected chi connectivity index (χ1v) is 6.96. The fourth-order valence-electron chi connectivity index (χ4n) is 1.62. The maximum Gasteiger partial charge on any atom is 0.338 e. The zero-order chi connectivity index (χ0) is 16.1. The lowest BCUT2D eigenvalue weighted by atomic mass is 10.1. The number of nitro groups is 1. The maximum atomic E-state index is 11.5. The van der Waals surface area contributed by atoms with Crippen molar-refractivity contribution in [2.75, 3.05) is 12.5 Å². The number of benzene rings is 1. The lowest BCUT2D eigenvalue weighted by molar-refractivity contribution is -0.384. The molecular weight excluding hydrogens is 308 g/mol. The quantitative estimate of drug-likeness (QED) is 0.393. The molecule has 0 unspecified atom stereocenters. The Balaban J connectivity index is 2.23. The summed E-state index contributed by atoms with van der Waals surface area (Å²) in [4.78, 5) is 26.0. The number of nitrogens with one attached hydrogen (secondary N) is 1. The standard InChI is InChI=1S/C13H12N4O4S/c1-8-7-22-13(15-8)16-14-6-9-3-10(12(18)21-2)5-11(4-9)17(19)20/h3-7H,1-2H3,(H,15,16). The lowest BCUT2D eigenvalue weighted by Crippen LogP contribution is -2.03. The van der Waals surface area contributed by atoms with E-state index in [4.69, 9.17) is 0 Å². The van der Waals surface area contributed by atoms with Crippen molar-refractivity contribution in [3.05, 3.63) is 50.5 Å². The van der Waals surface area contributed by atoms with Gasteiger partial charge in [0.1, 0.15) is 0 Å². The van der Waals surface area contributed by atoms with E-state index in [-0.39, 0.29) is 11.3 Å². The zero-order valence-electron chi connectivity index (χ0n) is 11.8. The second kappa shape index (κ2) is 6.76. The number of rotatable bonds is 5. The maximum absolute atomic E-state index is 11.5. The van der Waals surface area contributed by atoms with Gasteiger partial charge in [-0.05, 0) is 13.0 Å². The smallest absolute Gasteiger partial charge is 0.338 e. The fraction of sp³-hybridized carbons (Fsp3) is 0.154. The molecule has 2 rings (SSSR count). The summed E-state index contributed by atoms with van der Waals surface area (Å²) >= 11 is 1.39. The number of nitrogens with zero attached hydrogens (tertiary/aromatic N) is 3. The number of thiazole rings is 1. The molecule has 2 aromatic rings. The number of carbonyl (C=O) groups excluding carboxylic acids is 1. The van der Waals surface area contributed by atoms with Gasteiger partial charge in [-0.15, -0.1) is 11.3 Å². The van der Waals surface area contributed by atoms with Crippen molar-refractivity contribution in [2.45, 2.75) is 6.92 Å². The second-order valence-electron chi connectivity index (χ2n) is 4.23. The van der Waals surface area contributed by atoms with E-state index in [1.165, 1.54) is 36.8 Å². The van der Waals surface area contributed by atoms with Crippen LogP contribution in [-0.2, 0) is 4.74 Å². The molecule has 8 nitrogen and oxygen atoms in total. The first kappa shape index (κ1) is 15.6. The van der Waals surface area contributed by atoms with E-state index in [0.717, 1.165) is 11.8 Å². The van der Waals surface area contributed by atoms with E-state index in [2.05, 4.69) is 20.2 Å². The van der Waals surface area contributed by atoms with Gasteiger partial charge in [-0.25, -0.2) is 9.78 Å². The number of ether oxygens (including phenoxy) is 1. The minimum absolute atomic E-state index is 0.0863. The average Bonchev–Trinajstić information content (AvgIpc) is 2.91. The number of nitro benzene ring substituents is 1. The molecule has 0 radical (unpaired) electrons. The van der Waals surface area contributed by atoms with Crippen LogP contribution in [0.15, 0.2) is 28.7 Å². The Morgan fingerprint density at radius 1 is 1.50 bits per heavy atom. The molecule has 0 fully saturated rings. The van der Waals surface area contributed by atoms with Crippen LogP contribution in [0.25, 0.3) is 0 Å². The normalized spacial score (nSPS) is 10.6. The van der Waals surface area contributed by atoms with Gasteiger partial charge in [0.25, 0.3) is 5.69 Å². The monoisotopic (exact) mass is 320 g/mol. The van der Waals surface area contributed by atoms with E-state index in [0.29, 0.717) is 10.7 Å². The van der Waals surface area contributed by atoms with Gasteiger partial charge in [-0.3, -0.25) is 15.5 Å². The number of non-ortho nitro benzene ring substituents is 1. The van der Waals surface area contributed by atoms with Gasteiger partial charge < -0.3 is 4.74 Å². The van der Waals surface area contributed by atoms with E-state index >= 15 is 0 Å². The van der Waals surface area contributed by atoms with Crippen molar-refractivity contribution in [3.63, 3.8) is 0 Å². The zero-order valence-corrected chi connectivity index (χ0v) is 12.6. The number of methoxy groups -OCH3 is 1. The van der Waals surface area contributed by atoms with Gasteiger partial charge in [0.15, 0.2) is 0 Å². The second-order valence-corrected chi connectivity index (χ2v) is 5.08. The molecule has 1 aromatic carbocycles. The fourth-order valence-corrected chi connectivity index (χ4v) is 2.25. The summed E-state index contributed by atoms with van der Waals surface area (Å²) in [6, 6.07) is 3.92. The number of hydrogen-bond donors (Lipinski definition) is 1. The summed E-state index contributed by atoms with van der Waals surface area (Å²) in [6.45, 7) is 1.86. The number of anilines is 1. The third-order valence-electron chi connectivity index (χ3n) is 2.56. The van der Waals surface area contributed by atoms with E-state index < -0.39 is 10.9 Å². The van der Waals surface area contributed by atoms with E-state index in [9.17, 15) is 14.9 Å². The minimum Gasteiger partial charge on any atom is -0.465 e. The van der Waals surface area contributed by atoms with Gasteiger partial charge in [0.05, 0.1) is 29.5 Å². The summed E-state index contributed by atoms with van der Waals surface area (Å²) in [5.74, 6) is -0.651. The van der Waals surface area contributed by atoms with Crippen LogP contribution in [0, 0.1) is 17.0 Å². The molecule has 1 heterocycles. The summed E-state index contributed by atoms with van der Waals surface area (Å²) in [5.41, 5.74) is 3.85. The van der Waals surface area contributed by atoms with Gasteiger partial charge >= 0.3 is 5.97 Å². The van der Waals surface area contributed by atoms with Gasteiger partial charge in [-0.1, -0.05) is 0 Å². The third-order valence-corrected chi connectivity index (χ3v) is 3.43. The molecule has 1 N–H and O–H groups in total. The van der Waals surface area contributed by atoms with Crippen LogP contribution in [0.1, 0.15) is 21.6 Å². The van der Waals surface area contributed by atoms with Crippen LogP contribution < -0.4 is 5.43 Å². The molecule has 0 saturated heterocycles. The largest absolute Gasteiger partial charge is 0.465 e. The van der Waals surface area contributed by atoms with Crippen LogP contribution in [0.3, 0.4) is 0 Å². The highest BCUT2D eigenvalue weighted by Crippen LogP contribution is 2.18. The molecular formula is C13H12N4O4S. The van der Waals surface area contributed by atoms with Crippen molar-refractivity contribution in [3.8, 4) is 0 Å². The van der Waals surface area contributed by atoms with Crippen molar-refractivity contribution in [2.24, 2.45) is 5.10 Å². The molecule has 114 valence electrons. The molecule has 0 spiro atoms. The predicted molar refractivity (Wildman–Crippen MR) is 82.5 cm³/mol. The molecule has 0 amide bonds. The molecule has 9 heteroatoms. The number of carbonyl (C=O) groups is 1. The van der Waals surface area contributed by atoms with Crippen LogP contribution in [0.2, 0.25) is 0 Å². The summed E-state index contributed by atoms with van der Waals surface area (Å²) in [5, 5.41) is 17.3. The van der Waals surface area contributed by atoms with Crippen molar-refractivity contribution < 1.29 is 14.5 Å². The first-order chi connectivity index (χ1) is 10.5. The van der Waals surface area contributed by atoms with Crippen molar-refractivity contribution >= 4 is 34.3 Å². The Bertz CT molecular complexity index is 741. The van der Waals surface area contributed by atoms with E-state index in [1.54, 1.807) is 0 Å². The Hall–Kier alpha value is -2.81. The Morgan fingerprint density at radius 3 is 2.86 bits per heavy atom. The SMILES string of the molecule is COC(=O)c1cc(C=NNc2nc(C)cs2)cc([N+](=O)[O-])c1. The molecule has 1 aromatic heterocycles. The molecule has 0 aliphatic rings. The molecule has 0 saturated carbocycles. The van der Waals surface area contributed by atoms with Crippen molar-refractivity contribution in [1.82, 2.24) is 4.98 Å². The Morgan fingerprint density at radius 2 is 2.27 bits per heavy atom. The summed E-state index contributed by atoms with van der Waals surface area (Å²) < 4.78 is 4.57. The molecule has 22 heavy (non-hydrogen) atoms. The van der Waals surface area contributed by atoms with Crippen molar-refractivity contribution in [1.29, 1.82) is 0 Å². The highest BCUT2D eigenvalue weighted by molar-refractivity contribution is 7.13. The Labute approximate surface area is 129 Å². The molecule has 0 aliphatic heterocycles. The molecule has 0 bridgehead atoms. The number of aromatic nitrogens is 1. The highest BCUT2D eigenvalue weighted by Gasteiger charge is 2.14.